The van der Waals surface area contributed by atoms with Crippen molar-refractivity contribution in [1.29, 1.82) is 0 Å². The van der Waals surface area contributed by atoms with Crippen molar-refractivity contribution in [3.8, 4) is 0 Å². The van der Waals surface area contributed by atoms with Crippen LogP contribution in [0.15, 0.2) is 22.7 Å². The second-order valence-electron chi connectivity index (χ2n) is 4.98. The first-order chi connectivity index (χ1) is 8.22. The third-order valence-electron chi connectivity index (χ3n) is 3.57. The highest BCUT2D eigenvalue weighted by atomic mass is 79.9. The van der Waals surface area contributed by atoms with Crippen LogP contribution >= 0.6 is 15.9 Å². The number of rotatable bonds is 3. The van der Waals surface area contributed by atoms with Gasteiger partial charge in [-0.1, -0.05) is 15.9 Å². The van der Waals surface area contributed by atoms with Crippen LogP contribution in [-0.2, 0) is 0 Å². The number of anilines is 1. The molecule has 1 aromatic rings. The van der Waals surface area contributed by atoms with Crippen LogP contribution in [0, 0.1) is 5.82 Å². The topological polar surface area (TPSA) is 15.3 Å². The van der Waals surface area contributed by atoms with Crippen molar-refractivity contribution in [3.63, 3.8) is 0 Å². The number of nitrogens with zero attached hydrogens (tertiary/aromatic N) is 1. The summed E-state index contributed by atoms with van der Waals surface area (Å²) in [7, 11) is 0. The molecule has 1 heterocycles. The number of benzene rings is 1. The first-order valence-corrected chi connectivity index (χ1v) is 6.97. The molecule has 1 aromatic carbocycles. The number of likely N-dealkylation sites (tertiary alicyclic amines) is 1. The molecule has 2 aliphatic rings. The predicted octanol–water partition coefficient (Wildman–Crippen LogP) is 3.24. The van der Waals surface area contributed by atoms with Crippen LogP contribution in [0.2, 0.25) is 0 Å². The molecule has 0 amide bonds. The SMILES string of the molecule is Fc1cc(Br)ccc1NC1CCN(C2CC2)C1. The number of halogens is 2. The van der Waals surface area contributed by atoms with Crippen molar-refractivity contribution < 1.29 is 4.39 Å². The molecule has 1 atom stereocenters. The Balaban J connectivity index is 1.63. The van der Waals surface area contributed by atoms with Gasteiger partial charge in [0.15, 0.2) is 0 Å². The molecule has 1 aliphatic heterocycles. The Kier molecular flexibility index (Phi) is 3.09. The van der Waals surface area contributed by atoms with Gasteiger partial charge in [0, 0.05) is 29.6 Å². The van der Waals surface area contributed by atoms with Gasteiger partial charge >= 0.3 is 0 Å². The van der Waals surface area contributed by atoms with Crippen molar-refractivity contribution >= 4 is 21.6 Å². The lowest BCUT2D eigenvalue weighted by Crippen LogP contribution is -2.27. The molecule has 0 spiro atoms. The Morgan fingerprint density at radius 1 is 1.29 bits per heavy atom. The van der Waals surface area contributed by atoms with E-state index in [9.17, 15) is 4.39 Å². The fourth-order valence-corrected chi connectivity index (χ4v) is 2.84. The molecule has 0 aromatic heterocycles. The number of hydrogen-bond donors (Lipinski definition) is 1. The van der Waals surface area contributed by atoms with Crippen molar-refractivity contribution in [2.24, 2.45) is 0 Å². The van der Waals surface area contributed by atoms with Crippen LogP contribution in [-0.4, -0.2) is 30.1 Å². The highest BCUT2D eigenvalue weighted by Crippen LogP contribution is 2.31. The molecule has 0 radical (unpaired) electrons. The van der Waals surface area contributed by atoms with Gasteiger partial charge in [-0.2, -0.15) is 0 Å². The summed E-state index contributed by atoms with van der Waals surface area (Å²) >= 11 is 3.27. The highest BCUT2D eigenvalue weighted by molar-refractivity contribution is 9.10. The van der Waals surface area contributed by atoms with E-state index in [4.69, 9.17) is 0 Å². The number of hydrogen-bond acceptors (Lipinski definition) is 2. The minimum absolute atomic E-state index is 0.177. The van der Waals surface area contributed by atoms with Crippen LogP contribution in [0.25, 0.3) is 0 Å². The largest absolute Gasteiger partial charge is 0.379 e. The summed E-state index contributed by atoms with van der Waals surface area (Å²) in [6.07, 6.45) is 3.81. The van der Waals surface area contributed by atoms with E-state index in [1.807, 2.05) is 6.07 Å². The van der Waals surface area contributed by atoms with E-state index in [-0.39, 0.29) is 5.82 Å². The molecular weight excluding hydrogens is 283 g/mol. The molecule has 1 saturated heterocycles. The first-order valence-electron chi connectivity index (χ1n) is 6.18. The molecule has 3 rings (SSSR count). The second-order valence-corrected chi connectivity index (χ2v) is 5.90. The van der Waals surface area contributed by atoms with Crippen molar-refractivity contribution in [2.75, 3.05) is 18.4 Å². The highest BCUT2D eigenvalue weighted by Gasteiger charge is 2.34. The Bertz CT molecular complexity index is 420. The maximum absolute atomic E-state index is 13.7. The van der Waals surface area contributed by atoms with Gasteiger partial charge in [-0.3, -0.25) is 4.90 Å². The Morgan fingerprint density at radius 3 is 2.82 bits per heavy atom. The predicted molar refractivity (Wildman–Crippen MR) is 70.7 cm³/mol. The molecule has 0 bridgehead atoms. The average Bonchev–Trinajstić information content (AvgIpc) is 3.04. The molecule has 92 valence electrons. The van der Waals surface area contributed by atoms with Gasteiger partial charge in [-0.05, 0) is 37.5 Å². The Labute approximate surface area is 109 Å². The van der Waals surface area contributed by atoms with Crippen LogP contribution < -0.4 is 5.32 Å². The molecule has 2 nitrogen and oxygen atoms in total. The number of nitrogens with one attached hydrogen (secondary N) is 1. The summed E-state index contributed by atoms with van der Waals surface area (Å²) in [5.74, 6) is -0.177. The van der Waals surface area contributed by atoms with E-state index < -0.39 is 0 Å². The maximum Gasteiger partial charge on any atom is 0.147 e. The molecule has 2 fully saturated rings. The zero-order valence-electron chi connectivity index (χ0n) is 9.63. The van der Waals surface area contributed by atoms with Gasteiger partial charge in [0.2, 0.25) is 0 Å². The molecule has 1 unspecified atom stereocenters. The summed E-state index contributed by atoms with van der Waals surface area (Å²) in [6, 6.07) is 6.40. The lowest BCUT2D eigenvalue weighted by atomic mass is 10.2. The fourth-order valence-electron chi connectivity index (χ4n) is 2.50. The summed E-state index contributed by atoms with van der Waals surface area (Å²) in [4.78, 5) is 2.52. The maximum atomic E-state index is 13.7. The summed E-state index contributed by atoms with van der Waals surface area (Å²) in [6.45, 7) is 2.21. The van der Waals surface area contributed by atoms with Crippen molar-refractivity contribution in [3.05, 3.63) is 28.5 Å². The van der Waals surface area contributed by atoms with Gasteiger partial charge in [0.25, 0.3) is 0 Å². The van der Waals surface area contributed by atoms with Gasteiger partial charge in [0.1, 0.15) is 5.82 Å². The standard InChI is InChI=1S/C13H16BrFN2/c14-9-1-4-13(12(15)7-9)16-10-5-6-17(8-10)11-2-3-11/h1,4,7,10-11,16H,2-3,5-6,8H2. The lowest BCUT2D eigenvalue weighted by molar-refractivity contribution is 0.326. The quantitative estimate of drug-likeness (QED) is 0.922. The molecular formula is C13H16BrFN2. The van der Waals surface area contributed by atoms with Gasteiger partial charge in [-0.15, -0.1) is 0 Å². The third kappa shape index (κ3) is 2.63. The van der Waals surface area contributed by atoms with E-state index in [1.165, 1.54) is 18.9 Å². The van der Waals surface area contributed by atoms with Gasteiger partial charge in [0.05, 0.1) is 5.69 Å². The van der Waals surface area contributed by atoms with Gasteiger partial charge in [-0.25, -0.2) is 4.39 Å². The summed E-state index contributed by atoms with van der Waals surface area (Å²) in [5.41, 5.74) is 0.621. The lowest BCUT2D eigenvalue weighted by Gasteiger charge is -2.17. The first kappa shape index (κ1) is 11.5. The second kappa shape index (κ2) is 4.58. The minimum atomic E-state index is -0.177. The van der Waals surface area contributed by atoms with E-state index in [0.717, 1.165) is 30.0 Å². The van der Waals surface area contributed by atoms with E-state index in [0.29, 0.717) is 11.7 Å². The zero-order valence-corrected chi connectivity index (χ0v) is 11.2. The fraction of sp³-hybridized carbons (Fsp3) is 0.538. The van der Waals surface area contributed by atoms with Crippen LogP contribution in [0.4, 0.5) is 10.1 Å². The van der Waals surface area contributed by atoms with Gasteiger partial charge < -0.3 is 5.32 Å². The van der Waals surface area contributed by atoms with Crippen molar-refractivity contribution in [2.45, 2.75) is 31.3 Å². The van der Waals surface area contributed by atoms with E-state index in [1.54, 1.807) is 6.07 Å². The third-order valence-corrected chi connectivity index (χ3v) is 4.07. The summed E-state index contributed by atoms with van der Waals surface area (Å²) in [5, 5.41) is 3.31. The monoisotopic (exact) mass is 298 g/mol. The average molecular weight is 299 g/mol. The zero-order chi connectivity index (χ0) is 11.8. The van der Waals surface area contributed by atoms with Crippen LogP contribution in [0.3, 0.4) is 0 Å². The Hall–Kier alpha value is -0.610. The normalized spacial score (nSPS) is 25.2. The minimum Gasteiger partial charge on any atom is -0.379 e. The molecule has 1 saturated carbocycles. The van der Waals surface area contributed by atoms with Crippen LogP contribution in [0.5, 0.6) is 0 Å². The van der Waals surface area contributed by atoms with E-state index >= 15 is 0 Å². The Morgan fingerprint density at radius 2 is 2.12 bits per heavy atom. The summed E-state index contributed by atoms with van der Waals surface area (Å²) < 4.78 is 14.4. The van der Waals surface area contributed by atoms with E-state index in [2.05, 4.69) is 26.1 Å². The van der Waals surface area contributed by atoms with Crippen LogP contribution in [0.1, 0.15) is 19.3 Å². The molecule has 1 N–H and O–H groups in total. The molecule has 1 aliphatic carbocycles. The smallest absolute Gasteiger partial charge is 0.147 e. The van der Waals surface area contributed by atoms with Crippen molar-refractivity contribution in [1.82, 2.24) is 4.90 Å². The molecule has 4 heteroatoms. The molecule has 17 heavy (non-hydrogen) atoms.